The summed E-state index contributed by atoms with van der Waals surface area (Å²) in [7, 11) is 0. The fraction of sp³-hybridized carbons (Fsp3) is 0.882. The van der Waals surface area contributed by atoms with Crippen LogP contribution in [0.4, 0.5) is 0 Å². The Bertz CT molecular complexity index is 214. The average Bonchev–Trinajstić information content (AvgIpc) is 2.45. The molecule has 0 radical (unpaired) electrons. The van der Waals surface area contributed by atoms with Gasteiger partial charge in [0.15, 0.2) is 0 Å². The van der Waals surface area contributed by atoms with E-state index in [9.17, 15) is 0 Å². The second-order valence-electron chi connectivity index (χ2n) is 5.70. The fourth-order valence-corrected chi connectivity index (χ4v) is 16.5. The van der Waals surface area contributed by atoms with Crippen molar-refractivity contribution in [2.45, 2.75) is 92.9 Å². The Morgan fingerprint density at radius 1 is 0.842 bits per heavy atom. The van der Waals surface area contributed by atoms with Gasteiger partial charge in [0.2, 0.25) is 0 Å². The van der Waals surface area contributed by atoms with Gasteiger partial charge in [-0.2, -0.15) is 0 Å². The minimum atomic E-state index is -2.37. The van der Waals surface area contributed by atoms with Crippen LogP contribution < -0.4 is 0 Å². The van der Waals surface area contributed by atoms with Gasteiger partial charge in [-0.15, -0.1) is 0 Å². The first-order chi connectivity index (χ1) is 9.17. The Balaban J connectivity index is 4.85. The molecule has 0 atom stereocenters. The third-order valence-electron chi connectivity index (χ3n) is 3.98. The van der Waals surface area contributed by atoms with Crippen LogP contribution in [-0.4, -0.2) is 18.8 Å². The van der Waals surface area contributed by atoms with E-state index in [0.29, 0.717) is 0 Å². The summed E-state index contributed by atoms with van der Waals surface area (Å²) in [5.41, 5.74) is 0. The Labute approximate surface area is 126 Å². The maximum atomic E-state index is 6.71. The van der Waals surface area contributed by atoms with Gasteiger partial charge in [0.05, 0.1) is 0 Å². The van der Waals surface area contributed by atoms with Crippen LogP contribution in [0, 0.1) is 0 Å². The monoisotopic (exact) mass is 376 g/mol. The Morgan fingerprint density at radius 3 is 1.53 bits per heavy atom. The zero-order valence-corrected chi connectivity index (χ0v) is 16.9. The summed E-state index contributed by atoms with van der Waals surface area (Å²) in [4.78, 5) is 0. The van der Waals surface area contributed by atoms with Crippen LogP contribution in [0.15, 0.2) is 11.8 Å². The van der Waals surface area contributed by atoms with Crippen LogP contribution in [-0.2, 0) is 3.07 Å². The topological polar surface area (TPSA) is 9.23 Å². The molecule has 0 saturated carbocycles. The van der Waals surface area contributed by atoms with Crippen LogP contribution in [0.5, 0.6) is 0 Å². The number of hydrogen-bond acceptors (Lipinski definition) is 1. The third kappa shape index (κ3) is 8.26. The molecule has 0 aromatic rings. The molecule has 1 nitrogen and oxygen atoms in total. The van der Waals surface area contributed by atoms with E-state index < -0.39 is 18.8 Å². The van der Waals surface area contributed by atoms with Crippen LogP contribution in [0.3, 0.4) is 0 Å². The zero-order chi connectivity index (χ0) is 14.6. The molecule has 0 fully saturated rings. The molecule has 0 saturated heterocycles. The summed E-state index contributed by atoms with van der Waals surface area (Å²) >= 11 is -2.37. The summed E-state index contributed by atoms with van der Waals surface area (Å²) in [6, 6.07) is 0. The molecule has 0 aromatic heterocycles. The minimum absolute atomic E-state index is 1.07. The Morgan fingerprint density at radius 2 is 1.26 bits per heavy atom. The van der Waals surface area contributed by atoms with E-state index in [-0.39, 0.29) is 0 Å². The van der Waals surface area contributed by atoms with E-state index >= 15 is 0 Å². The van der Waals surface area contributed by atoms with Crippen molar-refractivity contribution in [1.29, 1.82) is 0 Å². The first kappa shape index (κ1) is 19.3. The molecule has 0 aromatic carbocycles. The molecular formula is C17H36OSn. The van der Waals surface area contributed by atoms with Gasteiger partial charge in [-0.1, -0.05) is 0 Å². The molecule has 0 rings (SSSR count). The molecule has 0 bridgehead atoms. The Hall–Kier alpha value is 0.339. The van der Waals surface area contributed by atoms with Crippen molar-refractivity contribution in [3.63, 3.8) is 0 Å². The van der Waals surface area contributed by atoms with E-state index in [2.05, 4.69) is 40.7 Å². The second-order valence-corrected chi connectivity index (χ2v) is 17.3. The van der Waals surface area contributed by atoms with Crippen molar-refractivity contribution in [2.75, 3.05) is 0 Å². The molecule has 0 spiro atoms. The van der Waals surface area contributed by atoms with Crippen molar-refractivity contribution < 1.29 is 3.07 Å². The van der Waals surface area contributed by atoms with Gasteiger partial charge >= 0.3 is 127 Å². The van der Waals surface area contributed by atoms with Crippen LogP contribution >= 0.6 is 0 Å². The third-order valence-corrected chi connectivity index (χ3v) is 16.8. The first-order valence-electron chi connectivity index (χ1n) is 8.52. The van der Waals surface area contributed by atoms with Crippen molar-refractivity contribution in [2.24, 2.45) is 0 Å². The average molecular weight is 375 g/mol. The molecule has 0 aliphatic rings. The van der Waals surface area contributed by atoms with Gasteiger partial charge in [-0.05, 0) is 0 Å². The molecule has 0 amide bonds. The van der Waals surface area contributed by atoms with Gasteiger partial charge in [-0.25, -0.2) is 0 Å². The van der Waals surface area contributed by atoms with Gasteiger partial charge in [-0.3, -0.25) is 0 Å². The normalized spacial score (nSPS) is 12.8. The molecular weight excluding hydrogens is 339 g/mol. The first-order valence-corrected chi connectivity index (χ1v) is 15.7. The number of hydrogen-bond donors (Lipinski definition) is 0. The fourth-order valence-electron chi connectivity index (χ4n) is 2.64. The number of unbranched alkanes of at least 4 members (excludes halogenated alkanes) is 3. The molecule has 0 N–H and O–H groups in total. The summed E-state index contributed by atoms with van der Waals surface area (Å²) in [5.74, 6) is 1.28. The molecule has 0 aliphatic heterocycles. The van der Waals surface area contributed by atoms with Crippen LogP contribution in [0.2, 0.25) is 13.3 Å². The molecule has 0 aliphatic carbocycles. The zero-order valence-electron chi connectivity index (χ0n) is 14.1. The summed E-state index contributed by atoms with van der Waals surface area (Å²) in [5, 5.41) is 0. The second kappa shape index (κ2) is 12.1. The molecule has 114 valence electrons. The van der Waals surface area contributed by atoms with Gasteiger partial charge < -0.3 is 0 Å². The SMILES string of the molecule is CC=C(CC)[O][Sn]([CH2]CCC)([CH2]CCC)[CH2]CCC. The van der Waals surface area contributed by atoms with Gasteiger partial charge in [0, 0.05) is 0 Å². The number of allylic oxidation sites excluding steroid dienone is 2. The van der Waals surface area contributed by atoms with Crippen LogP contribution in [0.1, 0.15) is 79.6 Å². The van der Waals surface area contributed by atoms with Crippen molar-refractivity contribution in [3.05, 3.63) is 11.8 Å². The standard InChI is InChI=1S/C5H10O.3C4H9.Sn/c1-3-5(6)4-2;3*1-3-4-2;/h3,6H,4H2,1-2H3;3*1,3-4H2,2H3;/q;;;;+1/p-1. The maximum absolute atomic E-state index is 6.71. The molecule has 2 heteroatoms. The summed E-state index contributed by atoms with van der Waals surface area (Å²) in [6.07, 6.45) is 11.4. The van der Waals surface area contributed by atoms with E-state index in [1.165, 1.54) is 57.6 Å². The quantitative estimate of drug-likeness (QED) is 0.274. The van der Waals surface area contributed by atoms with Gasteiger partial charge in [0.25, 0.3) is 0 Å². The molecule has 0 unspecified atom stereocenters. The van der Waals surface area contributed by atoms with Crippen molar-refractivity contribution >= 4 is 18.8 Å². The van der Waals surface area contributed by atoms with Crippen molar-refractivity contribution in [3.8, 4) is 0 Å². The molecule has 0 heterocycles. The summed E-state index contributed by atoms with van der Waals surface area (Å²) < 4.78 is 11.0. The van der Waals surface area contributed by atoms with Crippen molar-refractivity contribution in [1.82, 2.24) is 0 Å². The summed E-state index contributed by atoms with van der Waals surface area (Å²) in [6.45, 7) is 11.3. The predicted octanol–water partition coefficient (Wildman–Crippen LogP) is 6.66. The van der Waals surface area contributed by atoms with E-state index in [1.807, 2.05) is 0 Å². The van der Waals surface area contributed by atoms with E-state index in [4.69, 9.17) is 3.07 Å². The van der Waals surface area contributed by atoms with E-state index in [0.717, 1.165) is 6.42 Å². The van der Waals surface area contributed by atoms with Gasteiger partial charge in [0.1, 0.15) is 0 Å². The van der Waals surface area contributed by atoms with Crippen LogP contribution in [0.25, 0.3) is 0 Å². The van der Waals surface area contributed by atoms with E-state index in [1.54, 1.807) is 0 Å². The Kier molecular flexibility index (Phi) is 12.3. The molecule has 19 heavy (non-hydrogen) atoms. The number of rotatable bonds is 12. The predicted molar refractivity (Wildman–Crippen MR) is 90.0 cm³/mol.